The number of hydrogen-bond acceptors (Lipinski definition) is 8. The van der Waals surface area contributed by atoms with Gasteiger partial charge < -0.3 is 30.2 Å². The maximum Gasteiger partial charge on any atom is 0.255 e. The summed E-state index contributed by atoms with van der Waals surface area (Å²) in [6.07, 6.45) is 3.17. The largest absolute Gasteiger partial charge is 0.488 e. The number of nitrogens with two attached hydrogens (primary N) is 1. The van der Waals surface area contributed by atoms with E-state index in [2.05, 4.69) is 10.6 Å². The number of ether oxygens (including phenoxy) is 3. The van der Waals surface area contributed by atoms with Crippen molar-refractivity contribution in [3.8, 4) is 11.5 Å². The molecule has 2 aromatic carbocycles. The van der Waals surface area contributed by atoms with Crippen molar-refractivity contribution < 1.29 is 28.6 Å². The molecular formula is C26H28N4O6. The van der Waals surface area contributed by atoms with Gasteiger partial charge in [-0.15, -0.1) is 0 Å². The lowest BCUT2D eigenvalue weighted by Gasteiger charge is -2.29. The Morgan fingerprint density at radius 3 is 2.75 bits per heavy atom. The van der Waals surface area contributed by atoms with Crippen LogP contribution >= 0.6 is 0 Å². The Balaban J connectivity index is 1.17. The molecule has 0 spiro atoms. The van der Waals surface area contributed by atoms with Crippen molar-refractivity contribution in [2.24, 2.45) is 5.73 Å². The van der Waals surface area contributed by atoms with Crippen LogP contribution in [0.2, 0.25) is 0 Å². The highest BCUT2D eigenvalue weighted by molar-refractivity contribution is 6.05. The van der Waals surface area contributed by atoms with Crippen LogP contribution < -0.4 is 25.8 Å². The Bertz CT molecular complexity index is 1190. The first-order chi connectivity index (χ1) is 17.5. The minimum atomic E-state index is -0.673. The average Bonchev–Trinajstić information content (AvgIpc) is 3.50. The van der Waals surface area contributed by atoms with Gasteiger partial charge in [0.25, 0.3) is 5.91 Å². The topological polar surface area (TPSA) is 132 Å². The van der Waals surface area contributed by atoms with Gasteiger partial charge in [-0.2, -0.15) is 0 Å². The van der Waals surface area contributed by atoms with E-state index in [1.165, 1.54) is 4.90 Å². The van der Waals surface area contributed by atoms with Gasteiger partial charge in [0.2, 0.25) is 11.8 Å². The van der Waals surface area contributed by atoms with Crippen molar-refractivity contribution >= 4 is 23.4 Å². The summed E-state index contributed by atoms with van der Waals surface area (Å²) in [5.74, 6) is 0.312. The van der Waals surface area contributed by atoms with Crippen LogP contribution in [0.15, 0.2) is 54.4 Å². The fourth-order valence-corrected chi connectivity index (χ4v) is 4.50. The molecule has 3 aliphatic rings. The standard InChI is InChI=1S/C26H28N4O6/c27-16(12-28-17-4-6-18(7-5-17)36-19-10-11-34-15-19)14-35-23-3-1-2-20-21(23)13-30(26(20)33)22-8-9-24(31)29-25(22)32/h1-7,12,19,22,28H,8-11,13-15,27H2,(H,29,31,32)/b16-12-/t19-,22?/m1/s1. The number of nitrogens with one attached hydrogen (secondary N) is 2. The summed E-state index contributed by atoms with van der Waals surface area (Å²) in [6.45, 7) is 1.70. The van der Waals surface area contributed by atoms with E-state index in [0.717, 1.165) is 24.5 Å². The number of amides is 3. The Labute approximate surface area is 208 Å². The van der Waals surface area contributed by atoms with Crippen LogP contribution in [-0.2, 0) is 20.9 Å². The smallest absolute Gasteiger partial charge is 0.255 e. The molecule has 5 rings (SSSR count). The molecule has 0 aromatic heterocycles. The summed E-state index contributed by atoms with van der Waals surface area (Å²) in [5.41, 5.74) is 8.63. The van der Waals surface area contributed by atoms with Crippen LogP contribution in [0.4, 0.5) is 5.69 Å². The molecule has 2 fully saturated rings. The highest BCUT2D eigenvalue weighted by atomic mass is 16.5. The summed E-state index contributed by atoms with van der Waals surface area (Å²) < 4.78 is 17.1. The van der Waals surface area contributed by atoms with Crippen molar-refractivity contribution in [3.05, 3.63) is 65.5 Å². The summed E-state index contributed by atoms with van der Waals surface area (Å²) in [4.78, 5) is 38.2. The second-order valence-corrected chi connectivity index (χ2v) is 8.96. The monoisotopic (exact) mass is 492 g/mol. The Hall–Kier alpha value is -4.05. The van der Waals surface area contributed by atoms with Gasteiger partial charge in [-0.1, -0.05) is 6.07 Å². The molecule has 2 atom stereocenters. The molecule has 3 aliphatic heterocycles. The van der Waals surface area contributed by atoms with E-state index in [0.29, 0.717) is 35.6 Å². The number of hydrogen-bond donors (Lipinski definition) is 3. The second-order valence-electron chi connectivity index (χ2n) is 8.96. The molecule has 3 amide bonds. The van der Waals surface area contributed by atoms with E-state index < -0.39 is 11.9 Å². The van der Waals surface area contributed by atoms with Gasteiger partial charge in [0.15, 0.2) is 0 Å². The minimum absolute atomic E-state index is 0.0994. The van der Waals surface area contributed by atoms with E-state index in [4.69, 9.17) is 19.9 Å². The summed E-state index contributed by atoms with van der Waals surface area (Å²) in [7, 11) is 0. The molecule has 0 bridgehead atoms. The zero-order valence-corrected chi connectivity index (χ0v) is 19.7. The number of nitrogens with zero attached hydrogens (tertiary/aromatic N) is 1. The van der Waals surface area contributed by atoms with Crippen LogP contribution in [0, 0.1) is 0 Å². The lowest BCUT2D eigenvalue weighted by atomic mass is 10.0. The molecule has 188 valence electrons. The van der Waals surface area contributed by atoms with Crippen LogP contribution in [0.25, 0.3) is 0 Å². The first-order valence-electron chi connectivity index (χ1n) is 11.9. The van der Waals surface area contributed by atoms with Crippen molar-refractivity contribution in [1.82, 2.24) is 10.2 Å². The van der Waals surface area contributed by atoms with Gasteiger partial charge in [-0.05, 0) is 42.8 Å². The predicted molar refractivity (Wildman–Crippen MR) is 130 cm³/mol. The molecule has 0 saturated carbocycles. The fraction of sp³-hybridized carbons (Fsp3) is 0.346. The van der Waals surface area contributed by atoms with Crippen LogP contribution in [0.1, 0.15) is 35.2 Å². The van der Waals surface area contributed by atoms with Crippen molar-refractivity contribution in [3.63, 3.8) is 0 Å². The summed E-state index contributed by atoms with van der Waals surface area (Å²) >= 11 is 0. The third-order valence-corrected chi connectivity index (χ3v) is 6.40. The quantitative estimate of drug-likeness (QED) is 0.476. The molecule has 36 heavy (non-hydrogen) atoms. The number of carbonyl (C=O) groups is 3. The van der Waals surface area contributed by atoms with Gasteiger partial charge in [-0.3, -0.25) is 19.7 Å². The Morgan fingerprint density at radius 1 is 1.17 bits per heavy atom. The number of carbonyl (C=O) groups excluding carboxylic acids is 3. The fourth-order valence-electron chi connectivity index (χ4n) is 4.50. The van der Waals surface area contributed by atoms with Crippen LogP contribution in [0.3, 0.4) is 0 Å². The molecule has 0 aliphatic carbocycles. The molecule has 4 N–H and O–H groups in total. The highest BCUT2D eigenvalue weighted by Gasteiger charge is 2.40. The first-order valence-corrected chi connectivity index (χ1v) is 11.9. The third kappa shape index (κ3) is 5.13. The number of fused-ring (bicyclic) bond motifs is 1. The van der Waals surface area contributed by atoms with E-state index in [-0.39, 0.29) is 37.5 Å². The molecule has 2 saturated heterocycles. The Morgan fingerprint density at radius 2 is 2.00 bits per heavy atom. The zero-order chi connectivity index (χ0) is 25.1. The minimum Gasteiger partial charge on any atom is -0.488 e. The number of benzene rings is 2. The lowest BCUT2D eigenvalue weighted by Crippen LogP contribution is -2.52. The van der Waals surface area contributed by atoms with E-state index in [1.807, 2.05) is 24.3 Å². The maximum atomic E-state index is 12.9. The van der Waals surface area contributed by atoms with E-state index in [1.54, 1.807) is 24.4 Å². The van der Waals surface area contributed by atoms with Crippen LogP contribution in [-0.4, -0.2) is 54.6 Å². The SMILES string of the molecule is N/C(=C\Nc1ccc(O[C@@H]2CCOC2)cc1)COc1cccc2c1CN(C1CCC(=O)NC1=O)C2=O. The first kappa shape index (κ1) is 23.7. The molecule has 10 nitrogen and oxygen atoms in total. The van der Waals surface area contributed by atoms with E-state index in [9.17, 15) is 14.4 Å². The predicted octanol–water partition coefficient (Wildman–Crippen LogP) is 1.91. The lowest BCUT2D eigenvalue weighted by molar-refractivity contribution is -0.136. The van der Waals surface area contributed by atoms with Crippen molar-refractivity contribution in [2.45, 2.75) is 38.0 Å². The number of anilines is 1. The molecule has 0 radical (unpaired) electrons. The summed E-state index contributed by atoms with van der Waals surface area (Å²) in [5, 5.41) is 5.45. The normalized spacial score (nSPS) is 21.8. The van der Waals surface area contributed by atoms with Gasteiger partial charge in [0.05, 0.1) is 25.5 Å². The molecule has 2 aromatic rings. The molecule has 1 unspecified atom stereocenters. The van der Waals surface area contributed by atoms with Crippen LogP contribution in [0.5, 0.6) is 11.5 Å². The van der Waals surface area contributed by atoms with Gasteiger partial charge in [-0.25, -0.2) is 0 Å². The van der Waals surface area contributed by atoms with Crippen molar-refractivity contribution in [2.75, 3.05) is 25.1 Å². The number of rotatable bonds is 8. The molecule has 3 heterocycles. The maximum absolute atomic E-state index is 12.9. The van der Waals surface area contributed by atoms with Gasteiger partial charge in [0, 0.05) is 35.9 Å². The second kappa shape index (κ2) is 10.3. The zero-order valence-electron chi connectivity index (χ0n) is 19.7. The van der Waals surface area contributed by atoms with Gasteiger partial charge >= 0.3 is 0 Å². The van der Waals surface area contributed by atoms with Crippen molar-refractivity contribution in [1.29, 1.82) is 0 Å². The molecular weight excluding hydrogens is 464 g/mol. The molecule has 10 heteroatoms. The number of imide groups is 1. The van der Waals surface area contributed by atoms with E-state index >= 15 is 0 Å². The number of piperidine rings is 1. The third-order valence-electron chi connectivity index (χ3n) is 6.40. The highest BCUT2D eigenvalue weighted by Crippen LogP contribution is 2.33. The average molecular weight is 493 g/mol. The van der Waals surface area contributed by atoms with Gasteiger partial charge in [0.1, 0.15) is 30.3 Å². The summed E-state index contributed by atoms with van der Waals surface area (Å²) in [6, 6.07) is 12.1. The Kier molecular flexibility index (Phi) is 6.77.